The summed E-state index contributed by atoms with van der Waals surface area (Å²) < 4.78 is 0. The van der Waals surface area contributed by atoms with Crippen molar-refractivity contribution >= 4 is 17.3 Å². The van der Waals surface area contributed by atoms with Gasteiger partial charge in [-0.3, -0.25) is 19.9 Å². The third-order valence-corrected chi connectivity index (χ3v) is 4.09. The zero-order valence-electron chi connectivity index (χ0n) is 13.2. The van der Waals surface area contributed by atoms with Crippen molar-refractivity contribution in [1.29, 1.82) is 0 Å². The molecule has 1 fully saturated rings. The van der Waals surface area contributed by atoms with E-state index in [2.05, 4.69) is 4.98 Å². The molecule has 0 saturated carbocycles. The number of hydrogen-bond donors (Lipinski definition) is 0. The number of aromatic nitrogens is 1. The second-order valence-electron chi connectivity index (χ2n) is 5.59. The Morgan fingerprint density at radius 2 is 1.83 bits per heavy atom. The highest BCUT2D eigenvalue weighted by Gasteiger charge is 2.24. The maximum Gasteiger partial charge on any atom is 0.292 e. The lowest BCUT2D eigenvalue weighted by Gasteiger charge is -2.23. The van der Waals surface area contributed by atoms with Crippen molar-refractivity contribution in [2.24, 2.45) is 0 Å². The zero-order valence-corrected chi connectivity index (χ0v) is 13.2. The number of rotatable bonds is 3. The number of carbonyl (C=O) groups is 1. The molecule has 1 aliphatic heterocycles. The molecule has 3 rings (SSSR count). The largest absolute Gasteiger partial charge is 0.364 e. The van der Waals surface area contributed by atoms with Crippen LogP contribution in [0.4, 0.5) is 11.4 Å². The van der Waals surface area contributed by atoms with E-state index in [9.17, 15) is 14.9 Å². The lowest BCUT2D eigenvalue weighted by atomic mass is 10.2. The Balaban J connectivity index is 1.74. The highest BCUT2D eigenvalue weighted by atomic mass is 16.6. The van der Waals surface area contributed by atoms with Gasteiger partial charge < -0.3 is 9.80 Å². The van der Waals surface area contributed by atoms with E-state index in [0.29, 0.717) is 37.6 Å². The Kier molecular flexibility index (Phi) is 4.69. The first kappa shape index (κ1) is 15.9. The van der Waals surface area contributed by atoms with Gasteiger partial charge in [0, 0.05) is 38.4 Å². The maximum absolute atomic E-state index is 12.5. The summed E-state index contributed by atoms with van der Waals surface area (Å²) in [7, 11) is 0. The van der Waals surface area contributed by atoms with Crippen LogP contribution in [0, 0.1) is 10.1 Å². The molecule has 0 N–H and O–H groups in total. The molecule has 1 saturated heterocycles. The van der Waals surface area contributed by atoms with Crippen LogP contribution in [-0.2, 0) is 0 Å². The summed E-state index contributed by atoms with van der Waals surface area (Å²) in [5.74, 6) is -0.0972. The van der Waals surface area contributed by atoms with Crippen LogP contribution >= 0.6 is 0 Å². The topological polar surface area (TPSA) is 79.6 Å². The third kappa shape index (κ3) is 3.34. The van der Waals surface area contributed by atoms with E-state index in [1.165, 1.54) is 6.07 Å². The van der Waals surface area contributed by atoms with Crippen molar-refractivity contribution in [3.8, 4) is 0 Å². The van der Waals surface area contributed by atoms with Crippen molar-refractivity contribution in [2.75, 3.05) is 31.1 Å². The van der Waals surface area contributed by atoms with Crippen LogP contribution in [0.2, 0.25) is 0 Å². The minimum Gasteiger partial charge on any atom is -0.364 e. The fraction of sp³-hybridized carbons (Fsp3) is 0.294. The number of pyridine rings is 1. The molecule has 1 aromatic carbocycles. The maximum atomic E-state index is 12.5. The smallest absolute Gasteiger partial charge is 0.292 e. The van der Waals surface area contributed by atoms with Gasteiger partial charge in [0.2, 0.25) is 0 Å². The molecule has 124 valence electrons. The number of nitrogens with zero attached hydrogens (tertiary/aromatic N) is 4. The minimum absolute atomic E-state index is 0.0972. The first-order valence-electron chi connectivity index (χ1n) is 7.85. The van der Waals surface area contributed by atoms with E-state index in [1.54, 1.807) is 47.5 Å². The highest BCUT2D eigenvalue weighted by molar-refractivity contribution is 5.92. The Morgan fingerprint density at radius 1 is 1.04 bits per heavy atom. The van der Waals surface area contributed by atoms with Gasteiger partial charge in [0.1, 0.15) is 11.4 Å². The van der Waals surface area contributed by atoms with Crippen LogP contribution in [0.3, 0.4) is 0 Å². The third-order valence-electron chi connectivity index (χ3n) is 4.09. The molecule has 2 aromatic rings. The monoisotopic (exact) mass is 326 g/mol. The SMILES string of the molecule is O=C(c1ccccn1)N1CCCN(c2ccccc2[N+](=O)[O-])CC1. The average molecular weight is 326 g/mol. The lowest BCUT2D eigenvalue weighted by molar-refractivity contribution is -0.384. The number of amides is 1. The predicted molar refractivity (Wildman–Crippen MR) is 90.1 cm³/mol. The number of anilines is 1. The highest BCUT2D eigenvalue weighted by Crippen LogP contribution is 2.28. The molecule has 0 aliphatic carbocycles. The molecular weight excluding hydrogens is 308 g/mol. The van der Waals surface area contributed by atoms with E-state index < -0.39 is 0 Å². The number of benzene rings is 1. The van der Waals surface area contributed by atoms with Gasteiger partial charge in [-0.1, -0.05) is 18.2 Å². The molecular formula is C17H18N4O3. The molecule has 24 heavy (non-hydrogen) atoms. The van der Waals surface area contributed by atoms with Crippen LogP contribution in [0.1, 0.15) is 16.9 Å². The van der Waals surface area contributed by atoms with Crippen LogP contribution in [0.25, 0.3) is 0 Å². The Bertz CT molecular complexity index is 736. The van der Waals surface area contributed by atoms with Crippen molar-refractivity contribution in [1.82, 2.24) is 9.88 Å². The quantitative estimate of drug-likeness (QED) is 0.639. The summed E-state index contributed by atoms with van der Waals surface area (Å²) in [6.07, 6.45) is 2.36. The summed E-state index contributed by atoms with van der Waals surface area (Å²) >= 11 is 0. The summed E-state index contributed by atoms with van der Waals surface area (Å²) in [5.41, 5.74) is 1.13. The van der Waals surface area contributed by atoms with E-state index in [-0.39, 0.29) is 16.5 Å². The van der Waals surface area contributed by atoms with E-state index >= 15 is 0 Å². The number of hydrogen-bond acceptors (Lipinski definition) is 5. The van der Waals surface area contributed by atoms with Gasteiger partial charge in [-0.05, 0) is 24.6 Å². The normalized spacial score (nSPS) is 15.0. The molecule has 0 radical (unpaired) electrons. The first-order chi connectivity index (χ1) is 11.7. The molecule has 0 atom stereocenters. The van der Waals surface area contributed by atoms with Crippen LogP contribution in [-0.4, -0.2) is 46.9 Å². The van der Waals surface area contributed by atoms with Gasteiger partial charge in [0.05, 0.1) is 4.92 Å². The molecule has 7 nitrogen and oxygen atoms in total. The molecule has 1 aromatic heterocycles. The average Bonchev–Trinajstić information content (AvgIpc) is 2.88. The molecule has 1 amide bonds. The van der Waals surface area contributed by atoms with Crippen molar-refractivity contribution in [2.45, 2.75) is 6.42 Å². The summed E-state index contributed by atoms with van der Waals surface area (Å²) in [6, 6.07) is 12.0. The van der Waals surface area contributed by atoms with E-state index in [1.807, 2.05) is 4.90 Å². The number of para-hydroxylation sites is 2. The fourth-order valence-corrected chi connectivity index (χ4v) is 2.90. The summed E-state index contributed by atoms with van der Waals surface area (Å²) in [6.45, 7) is 2.37. The Labute approximate surface area is 139 Å². The summed E-state index contributed by atoms with van der Waals surface area (Å²) in [5, 5.41) is 11.2. The van der Waals surface area contributed by atoms with Crippen LogP contribution in [0.15, 0.2) is 48.7 Å². The number of nitro benzene ring substituents is 1. The van der Waals surface area contributed by atoms with Crippen molar-refractivity contribution < 1.29 is 9.72 Å². The van der Waals surface area contributed by atoms with E-state index in [4.69, 9.17) is 0 Å². The van der Waals surface area contributed by atoms with E-state index in [0.717, 1.165) is 6.42 Å². The van der Waals surface area contributed by atoms with Gasteiger partial charge in [-0.2, -0.15) is 0 Å². The van der Waals surface area contributed by atoms with Gasteiger partial charge in [0.15, 0.2) is 0 Å². The second-order valence-corrected chi connectivity index (χ2v) is 5.59. The molecule has 7 heteroatoms. The van der Waals surface area contributed by atoms with Crippen molar-refractivity contribution in [3.63, 3.8) is 0 Å². The zero-order chi connectivity index (χ0) is 16.9. The standard InChI is InChI=1S/C17H18N4O3/c22-17(14-6-3-4-9-18-14)20-11-5-10-19(12-13-20)15-7-1-2-8-16(15)21(23)24/h1-4,6-9H,5,10-13H2. The molecule has 2 heterocycles. The van der Waals surface area contributed by atoms with Crippen LogP contribution in [0.5, 0.6) is 0 Å². The molecule has 0 unspecified atom stereocenters. The van der Waals surface area contributed by atoms with Gasteiger partial charge >= 0.3 is 0 Å². The number of nitro groups is 1. The predicted octanol–water partition coefficient (Wildman–Crippen LogP) is 2.34. The van der Waals surface area contributed by atoms with Gasteiger partial charge in [0.25, 0.3) is 11.6 Å². The Morgan fingerprint density at radius 3 is 2.58 bits per heavy atom. The van der Waals surface area contributed by atoms with Crippen LogP contribution < -0.4 is 4.90 Å². The molecule has 0 bridgehead atoms. The second kappa shape index (κ2) is 7.08. The van der Waals surface area contributed by atoms with Crippen molar-refractivity contribution in [3.05, 3.63) is 64.5 Å². The fourth-order valence-electron chi connectivity index (χ4n) is 2.90. The minimum atomic E-state index is -0.364. The molecule has 0 spiro atoms. The lowest BCUT2D eigenvalue weighted by Crippen LogP contribution is -2.35. The molecule has 1 aliphatic rings. The first-order valence-corrected chi connectivity index (χ1v) is 7.85. The number of carbonyl (C=O) groups excluding carboxylic acids is 1. The summed E-state index contributed by atoms with van der Waals surface area (Å²) in [4.78, 5) is 31.2. The Hall–Kier alpha value is -2.96. The van der Waals surface area contributed by atoms with Gasteiger partial charge in [-0.15, -0.1) is 0 Å². The van der Waals surface area contributed by atoms with Gasteiger partial charge in [-0.25, -0.2) is 0 Å².